The van der Waals surface area contributed by atoms with Crippen LogP contribution in [-0.4, -0.2) is 11.3 Å². The summed E-state index contributed by atoms with van der Waals surface area (Å²) in [6, 6.07) is 50.1. The first-order chi connectivity index (χ1) is 29.2. The Labute approximate surface area is 368 Å². The van der Waals surface area contributed by atoms with Crippen molar-refractivity contribution >= 4 is 44.9 Å². The first kappa shape index (κ1) is 40.1. The Bertz CT molecular complexity index is 2880. The minimum atomic E-state index is -0.0243. The lowest BCUT2D eigenvalue weighted by Gasteiger charge is -2.35. The number of benzene rings is 7. The van der Waals surface area contributed by atoms with E-state index in [0.717, 1.165) is 45.2 Å². The zero-order valence-electron chi connectivity index (χ0n) is 38.5. The maximum Gasteiger partial charge on any atom is 0.260 e. The lowest BCUT2D eigenvalue weighted by molar-refractivity contribution is 0.463. The standard InChI is InChI=1S/C58H58BNO2/c1-55(2,3)39-19-13-35(14-20-39)37-17-25-48-44(29-37)45-30-38(36-15-21-40(22-16-36)56(4,5)6)18-26-49(45)60(48)43-33-52-54-53(34-43)62-51-28-24-42(58(10,11)12)32-47(51)59(54)46-31-41(57(7,8)9)23-27-50(46)61-52/h13-34H,1-12H3. The Kier molecular flexibility index (Phi) is 8.89. The Balaban J connectivity index is 1.18. The van der Waals surface area contributed by atoms with E-state index in [9.17, 15) is 0 Å². The van der Waals surface area contributed by atoms with Gasteiger partial charge in [0.2, 0.25) is 0 Å². The number of ether oxygens (including phenoxy) is 2. The number of nitrogens with zero attached hydrogens (tertiary/aromatic N) is 1. The highest BCUT2D eigenvalue weighted by molar-refractivity contribution is 6.98. The van der Waals surface area contributed by atoms with Crippen LogP contribution in [0.3, 0.4) is 0 Å². The van der Waals surface area contributed by atoms with E-state index in [0.29, 0.717) is 0 Å². The molecule has 0 radical (unpaired) electrons. The molecular weight excluding hydrogens is 753 g/mol. The molecule has 0 N–H and O–H groups in total. The van der Waals surface area contributed by atoms with Crippen molar-refractivity contribution < 1.29 is 9.47 Å². The Morgan fingerprint density at radius 1 is 0.355 bits per heavy atom. The minimum absolute atomic E-state index is 0.00866. The molecule has 62 heavy (non-hydrogen) atoms. The van der Waals surface area contributed by atoms with Gasteiger partial charge < -0.3 is 14.0 Å². The highest BCUT2D eigenvalue weighted by Gasteiger charge is 2.42. The van der Waals surface area contributed by atoms with Gasteiger partial charge >= 0.3 is 0 Å². The van der Waals surface area contributed by atoms with Crippen LogP contribution < -0.4 is 25.9 Å². The molecule has 310 valence electrons. The summed E-state index contributed by atoms with van der Waals surface area (Å²) in [5.74, 6) is 3.48. The molecule has 0 saturated heterocycles. The van der Waals surface area contributed by atoms with Crippen molar-refractivity contribution in [2.75, 3.05) is 0 Å². The summed E-state index contributed by atoms with van der Waals surface area (Å²) in [7, 11) is 0. The second-order valence-corrected chi connectivity index (χ2v) is 22.0. The highest BCUT2D eigenvalue weighted by atomic mass is 16.5. The maximum atomic E-state index is 6.99. The van der Waals surface area contributed by atoms with E-state index in [4.69, 9.17) is 9.47 Å². The Morgan fingerprint density at radius 3 is 1.08 bits per heavy atom. The molecule has 10 rings (SSSR count). The molecule has 2 aliphatic heterocycles. The fourth-order valence-electron chi connectivity index (χ4n) is 9.54. The number of rotatable bonds is 3. The van der Waals surface area contributed by atoms with Crippen LogP contribution >= 0.6 is 0 Å². The SMILES string of the molecule is CC(C)(C)c1ccc(-c2ccc3c(c2)c2cc(-c4ccc(C(C)(C)C)cc4)ccc2n3-c2cc3c4c(c2)Oc2ccc(C(C)(C)C)cc2B4c2cc(C(C)(C)C)ccc2O3)cc1. The van der Waals surface area contributed by atoms with Gasteiger partial charge in [0.05, 0.1) is 16.7 Å². The molecule has 7 aromatic carbocycles. The average molecular weight is 812 g/mol. The van der Waals surface area contributed by atoms with E-state index in [1.54, 1.807) is 0 Å². The van der Waals surface area contributed by atoms with Gasteiger partial charge in [0.15, 0.2) is 0 Å². The van der Waals surface area contributed by atoms with Gasteiger partial charge in [-0.15, -0.1) is 0 Å². The predicted octanol–water partition coefficient (Wildman–Crippen LogP) is 14.0. The zero-order chi connectivity index (χ0) is 43.7. The van der Waals surface area contributed by atoms with Crippen molar-refractivity contribution in [3.8, 4) is 50.9 Å². The number of hydrogen-bond donors (Lipinski definition) is 0. The highest BCUT2D eigenvalue weighted by Crippen LogP contribution is 2.43. The summed E-state index contributed by atoms with van der Waals surface area (Å²) in [6.45, 7) is 27.3. The molecule has 1 aromatic heterocycles. The van der Waals surface area contributed by atoms with E-state index in [-0.39, 0.29) is 28.4 Å². The summed E-state index contributed by atoms with van der Waals surface area (Å²) in [5.41, 5.74) is 17.0. The summed E-state index contributed by atoms with van der Waals surface area (Å²) < 4.78 is 16.4. The smallest absolute Gasteiger partial charge is 0.260 e. The van der Waals surface area contributed by atoms with Crippen LogP contribution in [0.15, 0.2) is 133 Å². The van der Waals surface area contributed by atoms with E-state index >= 15 is 0 Å². The van der Waals surface area contributed by atoms with E-state index in [1.165, 1.54) is 66.2 Å². The fourth-order valence-corrected chi connectivity index (χ4v) is 9.54. The summed E-state index contributed by atoms with van der Waals surface area (Å²) in [5, 5.41) is 2.41. The molecule has 0 amide bonds. The van der Waals surface area contributed by atoms with Crippen molar-refractivity contribution in [3.63, 3.8) is 0 Å². The molecule has 0 saturated carbocycles. The Morgan fingerprint density at radius 2 is 0.710 bits per heavy atom. The molecule has 0 unspecified atom stereocenters. The van der Waals surface area contributed by atoms with Crippen LogP contribution in [0, 0.1) is 0 Å². The molecule has 2 aliphatic rings. The van der Waals surface area contributed by atoms with Crippen LogP contribution in [0.25, 0.3) is 49.7 Å². The maximum absolute atomic E-state index is 6.99. The molecule has 0 atom stereocenters. The van der Waals surface area contributed by atoms with Gasteiger partial charge in [0.25, 0.3) is 6.71 Å². The zero-order valence-corrected chi connectivity index (χ0v) is 38.5. The van der Waals surface area contributed by atoms with Crippen LogP contribution in [0.4, 0.5) is 0 Å². The topological polar surface area (TPSA) is 23.4 Å². The van der Waals surface area contributed by atoms with Crippen LogP contribution in [0.1, 0.15) is 105 Å². The normalized spacial score (nSPS) is 13.7. The predicted molar refractivity (Wildman–Crippen MR) is 264 cm³/mol. The lowest BCUT2D eigenvalue weighted by atomic mass is 9.34. The van der Waals surface area contributed by atoms with Crippen molar-refractivity contribution in [2.45, 2.75) is 105 Å². The third-order valence-electron chi connectivity index (χ3n) is 13.4. The first-order valence-corrected chi connectivity index (χ1v) is 22.4. The molecule has 4 heteroatoms. The second-order valence-electron chi connectivity index (χ2n) is 22.0. The molecule has 0 aliphatic carbocycles. The van der Waals surface area contributed by atoms with Crippen molar-refractivity contribution in [1.82, 2.24) is 4.57 Å². The molecule has 0 bridgehead atoms. The fraction of sp³-hybridized carbons (Fsp3) is 0.276. The molecule has 0 fully saturated rings. The van der Waals surface area contributed by atoms with Gasteiger partial charge in [-0.3, -0.25) is 0 Å². The number of aromatic nitrogens is 1. The minimum Gasteiger partial charge on any atom is -0.458 e. The van der Waals surface area contributed by atoms with Gasteiger partial charge in [0.1, 0.15) is 23.0 Å². The monoisotopic (exact) mass is 811 g/mol. The third-order valence-corrected chi connectivity index (χ3v) is 13.4. The van der Waals surface area contributed by atoms with Crippen molar-refractivity contribution in [1.29, 1.82) is 0 Å². The molecule has 0 spiro atoms. The largest absolute Gasteiger partial charge is 0.458 e. The third kappa shape index (κ3) is 6.74. The van der Waals surface area contributed by atoms with Crippen molar-refractivity contribution in [3.05, 3.63) is 156 Å². The van der Waals surface area contributed by atoms with Crippen LogP contribution in [0.5, 0.6) is 23.0 Å². The van der Waals surface area contributed by atoms with Gasteiger partial charge in [-0.2, -0.15) is 0 Å². The number of fused-ring (bicyclic) bond motifs is 7. The molecule has 8 aromatic rings. The quantitative estimate of drug-likeness (QED) is 0.166. The molecule has 3 heterocycles. The number of hydrogen-bond acceptors (Lipinski definition) is 2. The van der Waals surface area contributed by atoms with Gasteiger partial charge in [-0.25, -0.2) is 0 Å². The lowest BCUT2D eigenvalue weighted by Crippen LogP contribution is -2.57. The summed E-state index contributed by atoms with van der Waals surface area (Å²) >= 11 is 0. The first-order valence-electron chi connectivity index (χ1n) is 22.4. The van der Waals surface area contributed by atoms with E-state index in [2.05, 4.69) is 221 Å². The van der Waals surface area contributed by atoms with Gasteiger partial charge in [0, 0.05) is 28.4 Å². The summed E-state index contributed by atoms with van der Waals surface area (Å²) in [4.78, 5) is 0. The van der Waals surface area contributed by atoms with Gasteiger partial charge in [-0.1, -0.05) is 168 Å². The van der Waals surface area contributed by atoms with Gasteiger partial charge in [-0.05, 0) is 113 Å². The van der Waals surface area contributed by atoms with Crippen LogP contribution in [-0.2, 0) is 21.7 Å². The molecular formula is C58H58BNO2. The average Bonchev–Trinajstić information content (AvgIpc) is 3.55. The van der Waals surface area contributed by atoms with E-state index < -0.39 is 0 Å². The Hall–Kier alpha value is -6.00. The second kappa shape index (κ2) is 13.8. The molecule has 3 nitrogen and oxygen atoms in total. The van der Waals surface area contributed by atoms with Crippen molar-refractivity contribution in [2.24, 2.45) is 0 Å². The van der Waals surface area contributed by atoms with E-state index in [1.807, 2.05) is 0 Å². The van der Waals surface area contributed by atoms with Crippen LogP contribution in [0.2, 0.25) is 0 Å². The summed E-state index contributed by atoms with van der Waals surface area (Å²) in [6.07, 6.45) is 0.